The number of hydrogen-bond acceptors (Lipinski definition) is 1. The van der Waals surface area contributed by atoms with Gasteiger partial charge in [0.15, 0.2) is 5.11 Å². The van der Waals surface area contributed by atoms with Gasteiger partial charge in [-0.1, -0.05) is 54.6 Å². The number of hydrogen-bond donors (Lipinski definition) is 2. The lowest BCUT2D eigenvalue weighted by Crippen LogP contribution is -2.29. The average Bonchev–Trinajstić information content (AvgIpc) is 2.61. The molecule has 24 heavy (non-hydrogen) atoms. The SMILES string of the molecule is Fc1ccccc1NC(=S)NCCCc1cccc2ccccc12. The highest BCUT2D eigenvalue weighted by molar-refractivity contribution is 7.80. The molecule has 0 atom stereocenters. The van der Waals surface area contributed by atoms with Crippen LogP contribution < -0.4 is 10.6 Å². The summed E-state index contributed by atoms with van der Waals surface area (Å²) in [4.78, 5) is 0. The van der Waals surface area contributed by atoms with E-state index in [0.717, 1.165) is 19.4 Å². The Kier molecular flexibility index (Phi) is 5.39. The van der Waals surface area contributed by atoms with E-state index in [9.17, 15) is 4.39 Å². The fourth-order valence-electron chi connectivity index (χ4n) is 2.72. The minimum atomic E-state index is -0.308. The molecule has 0 bridgehead atoms. The average molecular weight is 338 g/mol. The van der Waals surface area contributed by atoms with Crippen LogP contribution >= 0.6 is 12.2 Å². The maximum Gasteiger partial charge on any atom is 0.170 e. The van der Waals surface area contributed by atoms with Gasteiger partial charge in [0.25, 0.3) is 0 Å². The molecule has 3 rings (SSSR count). The minimum Gasteiger partial charge on any atom is -0.362 e. The minimum absolute atomic E-state index is 0.308. The Labute approximate surface area is 146 Å². The molecule has 2 nitrogen and oxygen atoms in total. The number of anilines is 1. The summed E-state index contributed by atoms with van der Waals surface area (Å²) in [6, 6.07) is 21.3. The molecule has 0 aliphatic heterocycles. The predicted molar refractivity (Wildman–Crippen MR) is 103 cm³/mol. The van der Waals surface area contributed by atoms with E-state index in [1.807, 2.05) is 0 Å². The van der Waals surface area contributed by atoms with Gasteiger partial charge in [0.2, 0.25) is 0 Å². The van der Waals surface area contributed by atoms with E-state index >= 15 is 0 Å². The van der Waals surface area contributed by atoms with Crippen molar-refractivity contribution in [2.75, 3.05) is 11.9 Å². The van der Waals surface area contributed by atoms with Crippen molar-refractivity contribution in [2.45, 2.75) is 12.8 Å². The van der Waals surface area contributed by atoms with Gasteiger partial charge in [0.05, 0.1) is 5.69 Å². The molecule has 0 heterocycles. The van der Waals surface area contributed by atoms with Crippen molar-refractivity contribution in [3.05, 3.63) is 78.1 Å². The van der Waals surface area contributed by atoms with Gasteiger partial charge in [-0.2, -0.15) is 0 Å². The first-order chi connectivity index (χ1) is 11.7. The molecule has 122 valence electrons. The van der Waals surface area contributed by atoms with Crippen molar-refractivity contribution in [1.29, 1.82) is 0 Å². The van der Waals surface area contributed by atoms with Crippen molar-refractivity contribution in [2.24, 2.45) is 0 Å². The van der Waals surface area contributed by atoms with Crippen LogP contribution in [0, 0.1) is 5.82 Å². The van der Waals surface area contributed by atoms with Gasteiger partial charge in [0.1, 0.15) is 5.82 Å². The molecule has 0 unspecified atom stereocenters. The standard InChI is InChI=1S/C20H19FN2S/c21-18-12-3-4-13-19(18)23-20(24)22-14-6-10-16-9-5-8-15-7-1-2-11-17(15)16/h1-5,7-9,11-13H,6,10,14H2,(H2,22,23,24). The third-order valence-corrected chi connectivity index (χ3v) is 4.16. The molecule has 0 aromatic heterocycles. The summed E-state index contributed by atoms with van der Waals surface area (Å²) in [5.41, 5.74) is 1.73. The van der Waals surface area contributed by atoms with Gasteiger partial charge >= 0.3 is 0 Å². The van der Waals surface area contributed by atoms with Gasteiger partial charge in [-0.15, -0.1) is 0 Å². The van der Waals surface area contributed by atoms with Crippen molar-refractivity contribution >= 4 is 33.8 Å². The summed E-state index contributed by atoms with van der Waals surface area (Å²) in [5, 5.41) is 9.02. The molecule has 0 saturated carbocycles. The van der Waals surface area contributed by atoms with Crippen LogP contribution in [-0.2, 0) is 6.42 Å². The van der Waals surface area contributed by atoms with Crippen LogP contribution in [0.4, 0.5) is 10.1 Å². The molecular weight excluding hydrogens is 319 g/mol. The zero-order valence-electron chi connectivity index (χ0n) is 13.3. The summed E-state index contributed by atoms with van der Waals surface area (Å²) in [6.07, 6.45) is 1.92. The topological polar surface area (TPSA) is 24.1 Å². The van der Waals surface area contributed by atoms with Crippen LogP contribution in [0.15, 0.2) is 66.7 Å². The Morgan fingerprint density at radius 1 is 0.917 bits per heavy atom. The quantitative estimate of drug-likeness (QED) is 0.511. The molecule has 0 radical (unpaired) electrons. The first kappa shape index (κ1) is 16.4. The Morgan fingerprint density at radius 3 is 2.54 bits per heavy atom. The second-order valence-corrected chi connectivity index (χ2v) is 6.01. The second kappa shape index (κ2) is 7.88. The highest BCUT2D eigenvalue weighted by atomic mass is 32.1. The Morgan fingerprint density at radius 2 is 1.67 bits per heavy atom. The molecule has 0 amide bonds. The summed E-state index contributed by atoms with van der Waals surface area (Å²) in [7, 11) is 0. The van der Waals surface area contributed by atoms with E-state index in [0.29, 0.717) is 10.8 Å². The number of para-hydroxylation sites is 1. The van der Waals surface area contributed by atoms with Crippen molar-refractivity contribution in [3.63, 3.8) is 0 Å². The van der Waals surface area contributed by atoms with Gasteiger partial charge in [0, 0.05) is 6.54 Å². The number of rotatable bonds is 5. The summed E-state index contributed by atoms with van der Waals surface area (Å²) in [5.74, 6) is -0.308. The fraction of sp³-hybridized carbons (Fsp3) is 0.150. The van der Waals surface area contributed by atoms with Crippen LogP contribution in [0.3, 0.4) is 0 Å². The van der Waals surface area contributed by atoms with Crippen molar-refractivity contribution < 1.29 is 4.39 Å². The zero-order valence-corrected chi connectivity index (χ0v) is 14.1. The number of aryl methyl sites for hydroxylation is 1. The summed E-state index contributed by atoms with van der Waals surface area (Å²) >= 11 is 5.21. The van der Waals surface area contributed by atoms with Gasteiger partial charge in [-0.05, 0) is 53.5 Å². The zero-order chi connectivity index (χ0) is 16.8. The molecule has 4 heteroatoms. The largest absolute Gasteiger partial charge is 0.362 e. The van der Waals surface area contributed by atoms with Gasteiger partial charge < -0.3 is 10.6 Å². The Balaban J connectivity index is 1.50. The number of halogens is 1. The highest BCUT2D eigenvalue weighted by Gasteiger charge is 2.03. The third kappa shape index (κ3) is 4.09. The molecule has 3 aromatic rings. The van der Waals surface area contributed by atoms with E-state index in [1.54, 1.807) is 18.2 Å². The van der Waals surface area contributed by atoms with Gasteiger partial charge in [-0.25, -0.2) is 4.39 Å². The number of fused-ring (bicyclic) bond motifs is 1. The molecule has 0 aliphatic rings. The van der Waals surface area contributed by atoms with Crippen LogP contribution in [0.2, 0.25) is 0 Å². The first-order valence-electron chi connectivity index (χ1n) is 8.00. The maximum atomic E-state index is 13.6. The lowest BCUT2D eigenvalue weighted by molar-refractivity contribution is 0.632. The number of nitrogens with one attached hydrogen (secondary N) is 2. The fourth-order valence-corrected chi connectivity index (χ4v) is 2.93. The summed E-state index contributed by atoms with van der Waals surface area (Å²) < 4.78 is 13.6. The molecular formula is C20H19FN2S. The van der Waals surface area contributed by atoms with E-state index in [1.165, 1.54) is 22.4 Å². The van der Waals surface area contributed by atoms with Crippen LogP contribution in [0.25, 0.3) is 10.8 Å². The van der Waals surface area contributed by atoms with E-state index in [2.05, 4.69) is 53.1 Å². The molecule has 3 aromatic carbocycles. The number of benzene rings is 3. The lowest BCUT2D eigenvalue weighted by atomic mass is 10.0. The third-order valence-electron chi connectivity index (χ3n) is 3.91. The maximum absolute atomic E-state index is 13.6. The smallest absolute Gasteiger partial charge is 0.170 e. The summed E-state index contributed by atoms with van der Waals surface area (Å²) in [6.45, 7) is 0.740. The molecule has 0 spiro atoms. The monoisotopic (exact) mass is 338 g/mol. The first-order valence-corrected chi connectivity index (χ1v) is 8.41. The molecule has 0 aliphatic carbocycles. The lowest BCUT2D eigenvalue weighted by Gasteiger charge is -2.11. The second-order valence-electron chi connectivity index (χ2n) is 5.60. The Bertz CT molecular complexity index is 842. The molecule has 0 fully saturated rings. The normalized spacial score (nSPS) is 10.5. The van der Waals surface area contributed by atoms with Crippen LogP contribution in [0.1, 0.15) is 12.0 Å². The highest BCUT2D eigenvalue weighted by Crippen LogP contribution is 2.19. The molecule has 2 N–H and O–H groups in total. The molecule has 0 saturated heterocycles. The van der Waals surface area contributed by atoms with Crippen molar-refractivity contribution in [3.8, 4) is 0 Å². The van der Waals surface area contributed by atoms with Crippen LogP contribution in [-0.4, -0.2) is 11.7 Å². The van der Waals surface area contributed by atoms with Crippen LogP contribution in [0.5, 0.6) is 0 Å². The van der Waals surface area contributed by atoms with E-state index < -0.39 is 0 Å². The number of thiocarbonyl (C=S) groups is 1. The van der Waals surface area contributed by atoms with E-state index in [-0.39, 0.29) is 5.82 Å². The Hall–Kier alpha value is -2.46. The predicted octanol–water partition coefficient (Wildman–Crippen LogP) is 4.90. The van der Waals surface area contributed by atoms with Gasteiger partial charge in [-0.3, -0.25) is 0 Å². The van der Waals surface area contributed by atoms with E-state index in [4.69, 9.17) is 12.2 Å². The van der Waals surface area contributed by atoms with Crippen molar-refractivity contribution in [1.82, 2.24) is 5.32 Å².